The fourth-order valence-electron chi connectivity index (χ4n) is 2.26. The second-order valence-electron chi connectivity index (χ2n) is 5.27. The Kier molecular flexibility index (Phi) is 7.38. The van der Waals surface area contributed by atoms with Gasteiger partial charge in [-0.2, -0.15) is 0 Å². The standard InChI is InChI=1S/C15H20N2O4.C2H6/c1-11(2)21-15(20)17-7-5-16(6-8-17)13-3-4-14(19)12(9-13)10-18;1-2/h3-4,9-11,19H,5-8H2,1-2H3;1-2H3. The Labute approximate surface area is 137 Å². The van der Waals surface area contributed by atoms with Gasteiger partial charge in [-0.15, -0.1) is 0 Å². The molecule has 1 aliphatic heterocycles. The molecule has 1 saturated heterocycles. The maximum absolute atomic E-state index is 11.8. The van der Waals surface area contributed by atoms with Crippen molar-refractivity contribution in [2.75, 3.05) is 31.1 Å². The van der Waals surface area contributed by atoms with Gasteiger partial charge >= 0.3 is 6.09 Å². The van der Waals surface area contributed by atoms with Crippen LogP contribution in [0.1, 0.15) is 38.1 Å². The Morgan fingerprint density at radius 3 is 2.35 bits per heavy atom. The first kappa shape index (κ1) is 18.8. The molecule has 0 spiro atoms. The zero-order chi connectivity index (χ0) is 17.4. The summed E-state index contributed by atoms with van der Waals surface area (Å²) < 4.78 is 5.17. The number of aromatic hydroxyl groups is 1. The van der Waals surface area contributed by atoms with Crippen LogP contribution in [0.25, 0.3) is 0 Å². The SMILES string of the molecule is CC.CC(C)OC(=O)N1CCN(c2ccc(O)c(C=O)c2)CC1. The van der Waals surface area contributed by atoms with Crippen molar-refractivity contribution in [1.29, 1.82) is 0 Å². The van der Waals surface area contributed by atoms with Gasteiger partial charge in [0, 0.05) is 31.9 Å². The summed E-state index contributed by atoms with van der Waals surface area (Å²) in [7, 11) is 0. The molecule has 0 aromatic heterocycles. The number of piperazine rings is 1. The van der Waals surface area contributed by atoms with E-state index < -0.39 is 0 Å². The van der Waals surface area contributed by atoms with E-state index in [0.29, 0.717) is 32.5 Å². The van der Waals surface area contributed by atoms with Crippen LogP contribution in [-0.4, -0.2) is 54.7 Å². The molecule has 0 bridgehead atoms. The maximum atomic E-state index is 11.8. The molecular formula is C17H26N2O4. The molecule has 1 fully saturated rings. The number of amides is 1. The van der Waals surface area contributed by atoms with Crippen molar-refractivity contribution in [2.45, 2.75) is 33.8 Å². The molecule has 1 N–H and O–H groups in total. The van der Waals surface area contributed by atoms with Gasteiger partial charge in [-0.05, 0) is 32.0 Å². The van der Waals surface area contributed by atoms with Crippen molar-refractivity contribution in [3.63, 3.8) is 0 Å². The van der Waals surface area contributed by atoms with Crippen molar-refractivity contribution in [3.05, 3.63) is 23.8 Å². The zero-order valence-electron chi connectivity index (χ0n) is 14.3. The minimum atomic E-state index is -0.288. The van der Waals surface area contributed by atoms with Crippen LogP contribution in [0.5, 0.6) is 5.75 Å². The Morgan fingerprint density at radius 2 is 1.83 bits per heavy atom. The first-order valence-corrected chi connectivity index (χ1v) is 8.00. The molecule has 1 amide bonds. The third-order valence-corrected chi connectivity index (χ3v) is 3.38. The Bertz CT molecular complexity index is 523. The average Bonchev–Trinajstić information content (AvgIpc) is 2.56. The molecular weight excluding hydrogens is 296 g/mol. The fourth-order valence-corrected chi connectivity index (χ4v) is 2.26. The van der Waals surface area contributed by atoms with Gasteiger partial charge in [0.15, 0.2) is 6.29 Å². The molecule has 1 heterocycles. The smallest absolute Gasteiger partial charge is 0.410 e. The highest BCUT2D eigenvalue weighted by molar-refractivity contribution is 5.81. The molecule has 2 rings (SSSR count). The van der Waals surface area contributed by atoms with E-state index in [9.17, 15) is 14.7 Å². The van der Waals surface area contributed by atoms with E-state index in [0.717, 1.165) is 5.69 Å². The number of benzene rings is 1. The van der Waals surface area contributed by atoms with Crippen LogP contribution in [0.4, 0.5) is 10.5 Å². The molecule has 1 aromatic rings. The Hall–Kier alpha value is -2.24. The summed E-state index contributed by atoms with van der Waals surface area (Å²) in [5.74, 6) is -0.0205. The van der Waals surface area contributed by atoms with Gasteiger partial charge in [-0.1, -0.05) is 13.8 Å². The van der Waals surface area contributed by atoms with Crippen LogP contribution in [0.15, 0.2) is 18.2 Å². The minimum absolute atomic E-state index is 0.0205. The molecule has 0 aliphatic carbocycles. The summed E-state index contributed by atoms with van der Waals surface area (Å²) in [6.45, 7) is 10.1. The second-order valence-corrected chi connectivity index (χ2v) is 5.27. The predicted molar refractivity (Wildman–Crippen MR) is 90.2 cm³/mol. The number of carbonyl (C=O) groups excluding carboxylic acids is 2. The summed E-state index contributed by atoms with van der Waals surface area (Å²) in [5.41, 5.74) is 1.14. The number of anilines is 1. The summed E-state index contributed by atoms with van der Waals surface area (Å²) in [6, 6.07) is 4.94. The van der Waals surface area contributed by atoms with E-state index >= 15 is 0 Å². The second kappa shape index (κ2) is 9.02. The minimum Gasteiger partial charge on any atom is -0.507 e. The zero-order valence-corrected chi connectivity index (χ0v) is 14.3. The largest absolute Gasteiger partial charge is 0.507 e. The van der Waals surface area contributed by atoms with Crippen molar-refractivity contribution < 1.29 is 19.4 Å². The van der Waals surface area contributed by atoms with E-state index in [2.05, 4.69) is 4.90 Å². The van der Waals surface area contributed by atoms with Gasteiger partial charge in [0.1, 0.15) is 5.75 Å². The van der Waals surface area contributed by atoms with Crippen LogP contribution in [0.2, 0.25) is 0 Å². The lowest BCUT2D eigenvalue weighted by Crippen LogP contribution is -2.49. The molecule has 0 atom stereocenters. The van der Waals surface area contributed by atoms with Crippen molar-refractivity contribution >= 4 is 18.1 Å². The fraction of sp³-hybridized carbons (Fsp3) is 0.529. The number of hydrogen-bond acceptors (Lipinski definition) is 5. The molecule has 6 nitrogen and oxygen atoms in total. The Balaban J connectivity index is 0.00000127. The van der Waals surface area contributed by atoms with Gasteiger partial charge in [-0.25, -0.2) is 4.79 Å². The van der Waals surface area contributed by atoms with Crippen molar-refractivity contribution in [1.82, 2.24) is 4.90 Å². The third-order valence-electron chi connectivity index (χ3n) is 3.38. The number of carbonyl (C=O) groups is 2. The summed E-state index contributed by atoms with van der Waals surface area (Å²) in [6.07, 6.45) is 0.224. The van der Waals surface area contributed by atoms with Crippen LogP contribution in [-0.2, 0) is 4.74 Å². The van der Waals surface area contributed by atoms with Gasteiger partial charge < -0.3 is 19.6 Å². The molecule has 1 aliphatic rings. The number of phenolic OH excluding ortho intramolecular Hbond substituents is 1. The van der Waals surface area contributed by atoms with E-state index in [1.54, 1.807) is 17.0 Å². The van der Waals surface area contributed by atoms with E-state index in [4.69, 9.17) is 4.74 Å². The van der Waals surface area contributed by atoms with Crippen LogP contribution in [0, 0.1) is 0 Å². The van der Waals surface area contributed by atoms with Crippen molar-refractivity contribution in [3.8, 4) is 5.75 Å². The number of nitrogens with zero attached hydrogens (tertiary/aromatic N) is 2. The first-order chi connectivity index (χ1) is 11.0. The topological polar surface area (TPSA) is 70.1 Å². The lowest BCUT2D eigenvalue weighted by Gasteiger charge is -2.35. The lowest BCUT2D eigenvalue weighted by atomic mass is 10.1. The van der Waals surface area contributed by atoms with Gasteiger partial charge in [0.25, 0.3) is 0 Å². The van der Waals surface area contributed by atoms with Crippen molar-refractivity contribution in [2.24, 2.45) is 0 Å². The number of aldehydes is 1. The average molecular weight is 322 g/mol. The van der Waals surface area contributed by atoms with Gasteiger partial charge in [0.05, 0.1) is 11.7 Å². The molecule has 23 heavy (non-hydrogen) atoms. The Morgan fingerprint density at radius 1 is 1.22 bits per heavy atom. The monoisotopic (exact) mass is 322 g/mol. The molecule has 1 aromatic carbocycles. The van der Waals surface area contributed by atoms with Gasteiger partial charge in [0.2, 0.25) is 0 Å². The predicted octanol–water partition coefficient (Wildman–Crippen LogP) is 2.90. The van der Waals surface area contributed by atoms with E-state index in [1.165, 1.54) is 6.07 Å². The van der Waals surface area contributed by atoms with Crippen LogP contribution < -0.4 is 4.90 Å². The number of hydrogen-bond donors (Lipinski definition) is 1. The maximum Gasteiger partial charge on any atom is 0.410 e. The third kappa shape index (κ3) is 5.16. The number of phenols is 1. The highest BCUT2D eigenvalue weighted by Crippen LogP contribution is 2.23. The molecule has 128 valence electrons. The van der Waals surface area contributed by atoms with E-state index in [-0.39, 0.29) is 23.5 Å². The summed E-state index contributed by atoms with van der Waals surface area (Å²) in [4.78, 5) is 26.4. The molecule has 6 heteroatoms. The van der Waals surface area contributed by atoms with E-state index in [1.807, 2.05) is 27.7 Å². The first-order valence-electron chi connectivity index (χ1n) is 8.00. The normalized spacial score (nSPS) is 14.1. The van der Waals surface area contributed by atoms with Crippen LogP contribution in [0.3, 0.4) is 0 Å². The summed E-state index contributed by atoms with van der Waals surface area (Å²) in [5, 5.41) is 9.51. The molecule has 0 saturated carbocycles. The number of ether oxygens (including phenoxy) is 1. The van der Waals surface area contributed by atoms with Crippen LogP contribution >= 0.6 is 0 Å². The lowest BCUT2D eigenvalue weighted by molar-refractivity contribution is 0.0751. The highest BCUT2D eigenvalue weighted by Gasteiger charge is 2.23. The highest BCUT2D eigenvalue weighted by atomic mass is 16.6. The summed E-state index contributed by atoms with van der Waals surface area (Å²) >= 11 is 0. The molecule has 0 unspecified atom stereocenters. The quantitative estimate of drug-likeness (QED) is 0.867. The number of rotatable bonds is 3. The van der Waals surface area contributed by atoms with Gasteiger partial charge in [-0.3, -0.25) is 4.79 Å². The molecule has 0 radical (unpaired) electrons.